The van der Waals surface area contributed by atoms with Crippen LogP contribution in [-0.4, -0.2) is 70.3 Å². The molecule has 2 aromatic heterocycles. The number of allylic oxidation sites excluding steroid dienone is 2. The molecule has 5 rings (SSSR count). The van der Waals surface area contributed by atoms with Gasteiger partial charge in [0.15, 0.2) is 15.7 Å². The normalized spacial score (nSPS) is 14.9. The number of benzene rings is 2. The quantitative estimate of drug-likeness (QED) is 0.0917. The van der Waals surface area contributed by atoms with Gasteiger partial charge < -0.3 is 5.32 Å². The zero-order valence-corrected chi connectivity index (χ0v) is 33.6. The molecule has 20 heteroatoms. The third-order valence-corrected chi connectivity index (χ3v) is 12.6. The maximum absolute atomic E-state index is 14.5. The first-order chi connectivity index (χ1) is 26.4. The summed E-state index contributed by atoms with van der Waals surface area (Å²) in [7, 11) is -6.00. The van der Waals surface area contributed by atoms with Crippen LogP contribution in [0.25, 0.3) is 16.5 Å². The average Bonchev–Trinajstić information content (AvgIpc) is 3.76. The van der Waals surface area contributed by atoms with Crippen LogP contribution in [-0.2, 0) is 50.8 Å². The Bertz CT molecular complexity index is 2600. The van der Waals surface area contributed by atoms with Gasteiger partial charge in [-0.05, 0) is 69.7 Å². The number of nitrogens with one attached hydrogen (secondary N) is 2. The predicted molar refractivity (Wildman–Crippen MR) is 207 cm³/mol. The van der Waals surface area contributed by atoms with Crippen LogP contribution in [0.5, 0.6) is 0 Å². The number of nitrogens with zero attached hydrogens (tertiary/aromatic N) is 5. The molecular weight excluding hydrogens is 817 g/mol. The van der Waals surface area contributed by atoms with Crippen molar-refractivity contribution in [1.82, 2.24) is 24.9 Å². The molecule has 2 N–H and O–H groups in total. The van der Waals surface area contributed by atoms with Crippen molar-refractivity contribution in [3.63, 3.8) is 0 Å². The number of hydrogen-bond acceptors (Lipinski definition) is 8. The molecule has 1 atom stereocenters. The monoisotopic (exact) mass is 853 g/mol. The number of carbonyl (C=O) groups is 1. The maximum atomic E-state index is 14.5. The molecule has 0 radical (unpaired) electrons. The fourth-order valence-electron chi connectivity index (χ4n) is 6.04. The SMILES string of the molecule is C=C(C#CC(C)(C)S(=O)(=O)C1CC1)N=C(/C(=C\C)c1ccc(Cl)c2c(NS(C)(=O)=O)nn(C)c12)[C@H](Cc1cc(F)cc(F)c1)NC(=O)Cn1cc(C(F)(F)F)cn1. The Morgan fingerprint density at radius 3 is 2.35 bits per heavy atom. The largest absolute Gasteiger partial charge is 0.419 e. The van der Waals surface area contributed by atoms with Gasteiger partial charge in [-0.1, -0.05) is 36.2 Å². The van der Waals surface area contributed by atoms with Gasteiger partial charge in [-0.15, -0.1) is 0 Å². The van der Waals surface area contributed by atoms with Gasteiger partial charge >= 0.3 is 6.18 Å². The number of aryl methyl sites for hydroxylation is 1. The highest BCUT2D eigenvalue weighted by molar-refractivity contribution is 7.93. The van der Waals surface area contributed by atoms with Gasteiger partial charge in [0.2, 0.25) is 15.9 Å². The lowest BCUT2D eigenvalue weighted by Crippen LogP contribution is -2.44. The zero-order valence-electron chi connectivity index (χ0n) is 31.2. The third-order valence-electron chi connectivity index (χ3n) is 8.81. The number of rotatable bonds is 13. The summed E-state index contributed by atoms with van der Waals surface area (Å²) in [5.74, 6) is 2.56. The molecule has 0 spiro atoms. The first kappa shape index (κ1) is 43.1. The highest BCUT2D eigenvalue weighted by atomic mass is 35.5. The lowest BCUT2D eigenvalue weighted by atomic mass is 9.90. The molecule has 0 aliphatic heterocycles. The first-order valence-electron chi connectivity index (χ1n) is 17.1. The molecule has 2 heterocycles. The van der Waals surface area contributed by atoms with Gasteiger partial charge in [0.25, 0.3) is 0 Å². The Hall–Kier alpha value is -5.06. The molecule has 1 amide bonds. The number of anilines is 1. The number of amides is 1. The highest BCUT2D eigenvalue weighted by Crippen LogP contribution is 2.38. The van der Waals surface area contributed by atoms with E-state index in [1.807, 2.05) is 0 Å². The van der Waals surface area contributed by atoms with E-state index in [0.717, 1.165) is 23.1 Å². The second kappa shape index (κ2) is 16.1. The van der Waals surface area contributed by atoms with Crippen LogP contribution < -0.4 is 10.0 Å². The van der Waals surface area contributed by atoms with Crippen molar-refractivity contribution in [2.45, 2.75) is 68.8 Å². The summed E-state index contributed by atoms with van der Waals surface area (Å²) < 4.78 is 123. The maximum Gasteiger partial charge on any atom is 0.419 e. The number of carbonyl (C=O) groups excluding carboxylic acids is 1. The Morgan fingerprint density at radius 2 is 1.79 bits per heavy atom. The Morgan fingerprint density at radius 1 is 1.14 bits per heavy atom. The molecular formula is C37H37ClF5N7O5S2. The van der Waals surface area contributed by atoms with E-state index < -0.39 is 71.7 Å². The predicted octanol–water partition coefficient (Wildman–Crippen LogP) is 6.24. The van der Waals surface area contributed by atoms with E-state index in [4.69, 9.17) is 11.6 Å². The van der Waals surface area contributed by atoms with E-state index in [0.29, 0.717) is 36.9 Å². The third kappa shape index (κ3) is 10.1. The average molecular weight is 854 g/mol. The number of fused-ring (bicyclic) bond motifs is 1. The lowest BCUT2D eigenvalue weighted by Gasteiger charge is -2.24. The number of sulfonamides is 1. The minimum absolute atomic E-state index is 0.0363. The van der Waals surface area contributed by atoms with Crippen LogP contribution in [0.15, 0.2) is 66.1 Å². The molecule has 0 saturated heterocycles. The Kier molecular flexibility index (Phi) is 12.1. The van der Waals surface area contributed by atoms with E-state index in [1.165, 1.54) is 31.6 Å². The minimum atomic E-state index is -4.74. The second-order valence-corrected chi connectivity index (χ2v) is 18.8. The molecule has 0 unspecified atom stereocenters. The molecule has 1 saturated carbocycles. The molecule has 2 aromatic carbocycles. The van der Waals surface area contributed by atoms with Gasteiger partial charge in [0, 0.05) is 30.4 Å². The van der Waals surface area contributed by atoms with Crippen molar-refractivity contribution in [2.24, 2.45) is 12.0 Å². The fraction of sp³-hybridized carbons (Fsp3) is 0.351. The summed E-state index contributed by atoms with van der Waals surface area (Å²) in [5.41, 5.74) is -0.485. The van der Waals surface area contributed by atoms with E-state index >= 15 is 0 Å². The summed E-state index contributed by atoms with van der Waals surface area (Å²) in [6.07, 6.45) is -0.414. The fourth-order valence-corrected chi connectivity index (χ4v) is 8.56. The molecule has 1 aliphatic carbocycles. The lowest BCUT2D eigenvalue weighted by molar-refractivity contribution is -0.137. The molecule has 1 aliphatic rings. The topological polar surface area (TPSA) is 157 Å². The number of hydrogen-bond donors (Lipinski definition) is 2. The van der Waals surface area contributed by atoms with E-state index in [9.17, 15) is 43.6 Å². The van der Waals surface area contributed by atoms with Crippen molar-refractivity contribution in [3.8, 4) is 11.8 Å². The Labute approximate surface area is 330 Å². The smallest absolute Gasteiger partial charge is 0.346 e. The summed E-state index contributed by atoms with van der Waals surface area (Å²) in [5, 5.41) is 10.4. The summed E-state index contributed by atoms with van der Waals surface area (Å²) in [6, 6.07) is 4.36. The van der Waals surface area contributed by atoms with Crippen LogP contribution in [0, 0.1) is 23.5 Å². The van der Waals surface area contributed by atoms with Gasteiger partial charge in [0.05, 0.1) is 50.9 Å². The Balaban J connectivity index is 1.70. The van der Waals surface area contributed by atoms with Crippen molar-refractivity contribution >= 4 is 65.4 Å². The van der Waals surface area contributed by atoms with Crippen molar-refractivity contribution in [1.29, 1.82) is 0 Å². The molecule has 57 heavy (non-hydrogen) atoms. The van der Waals surface area contributed by atoms with E-state index in [1.54, 1.807) is 19.1 Å². The standard InChI is InChI=1S/C37H37ClF5N7O5S2/c1-7-27(28-10-11-29(38)32-34(28)49(5)47-35(32)48-56(6,52)53)33(45-21(2)12-13-36(3,4)57(54,55)26-8-9-26)30(16-22-14-24(39)17-25(40)15-22)46-31(51)20-50-19-23(18-44-50)37(41,42)43/h7,10-11,14-15,17-19,26,30H,2,8-9,16,20H2,1,3-6H3,(H,46,51)(H,47,48)/b27-7-,45-33?/t30-/m0/s1. The second-order valence-electron chi connectivity index (χ2n) is 13.8. The summed E-state index contributed by atoms with van der Waals surface area (Å²) in [6.45, 7) is 7.69. The first-order valence-corrected chi connectivity index (χ1v) is 20.9. The summed E-state index contributed by atoms with van der Waals surface area (Å²) in [4.78, 5) is 18.3. The zero-order chi connectivity index (χ0) is 42.2. The number of sulfone groups is 1. The van der Waals surface area contributed by atoms with Crippen molar-refractivity contribution in [3.05, 3.63) is 94.4 Å². The minimum Gasteiger partial charge on any atom is -0.346 e. The molecule has 304 valence electrons. The number of aliphatic imine (C=N–C) groups is 1. The van der Waals surface area contributed by atoms with E-state index in [2.05, 4.69) is 43.6 Å². The number of alkyl halides is 3. The number of halogens is 6. The van der Waals surface area contributed by atoms with Gasteiger partial charge in [0.1, 0.15) is 28.6 Å². The van der Waals surface area contributed by atoms with Crippen molar-refractivity contribution in [2.75, 3.05) is 11.0 Å². The molecule has 12 nitrogen and oxygen atoms in total. The summed E-state index contributed by atoms with van der Waals surface area (Å²) >= 11 is 6.58. The molecule has 0 bridgehead atoms. The van der Waals surface area contributed by atoms with Crippen molar-refractivity contribution < 1.29 is 43.6 Å². The van der Waals surface area contributed by atoms with Gasteiger partial charge in [-0.25, -0.2) is 30.6 Å². The van der Waals surface area contributed by atoms with Crippen LogP contribution in [0.4, 0.5) is 27.8 Å². The van der Waals surface area contributed by atoms with Crippen LogP contribution in [0.2, 0.25) is 5.02 Å². The molecule has 1 fully saturated rings. The highest BCUT2D eigenvalue weighted by Gasteiger charge is 2.45. The van der Waals surface area contributed by atoms with Crippen LogP contribution in [0.1, 0.15) is 50.3 Å². The van der Waals surface area contributed by atoms with E-state index in [-0.39, 0.29) is 50.7 Å². The van der Waals surface area contributed by atoms with Crippen LogP contribution in [0.3, 0.4) is 0 Å². The van der Waals surface area contributed by atoms with Gasteiger partial charge in [-0.3, -0.25) is 18.9 Å². The number of aromatic nitrogens is 4. The van der Waals surface area contributed by atoms with Crippen LogP contribution >= 0.6 is 11.6 Å². The molecule has 4 aromatic rings. The van der Waals surface area contributed by atoms with Gasteiger partial charge in [-0.2, -0.15) is 23.4 Å².